The summed E-state index contributed by atoms with van der Waals surface area (Å²) in [5.41, 5.74) is 3.52. The average Bonchev–Trinajstić information content (AvgIpc) is 3.25. The standard InChI is InChI=1S/C18H19FN3OP/c1-12-10-15(20-11-12)17-21-16(22-24-17)13-2-4-14(5-3-13)18(19)6-8-23-9-7-18/h2-5,10,24H,6-9,11H2,1H3. The van der Waals surface area contributed by atoms with Crippen LogP contribution < -0.4 is 0 Å². The Balaban J connectivity index is 1.56. The number of rotatable bonds is 3. The van der Waals surface area contributed by atoms with Gasteiger partial charge in [-0.05, 0) is 32.5 Å². The number of halogens is 1. The van der Waals surface area contributed by atoms with E-state index in [1.165, 1.54) is 5.57 Å². The van der Waals surface area contributed by atoms with Crippen LogP contribution in [0.15, 0.2) is 40.9 Å². The first-order chi connectivity index (χ1) is 11.6. The van der Waals surface area contributed by atoms with Crippen molar-refractivity contribution in [2.24, 2.45) is 4.99 Å². The zero-order valence-corrected chi connectivity index (χ0v) is 14.6. The van der Waals surface area contributed by atoms with E-state index in [0.29, 0.717) is 34.4 Å². The van der Waals surface area contributed by atoms with Gasteiger partial charge in [0, 0.05) is 31.6 Å². The minimum absolute atomic E-state index is 0.297. The van der Waals surface area contributed by atoms with Crippen molar-refractivity contribution in [2.45, 2.75) is 25.4 Å². The molecule has 1 fully saturated rings. The highest BCUT2D eigenvalue weighted by Crippen LogP contribution is 2.37. The lowest BCUT2D eigenvalue weighted by Gasteiger charge is -2.29. The fourth-order valence-corrected chi connectivity index (χ4v) is 3.90. The summed E-state index contributed by atoms with van der Waals surface area (Å²) >= 11 is 0. The molecular weight excluding hydrogens is 324 g/mol. The zero-order valence-electron chi connectivity index (χ0n) is 13.6. The second kappa shape index (κ2) is 6.23. The average molecular weight is 343 g/mol. The lowest BCUT2D eigenvalue weighted by molar-refractivity contribution is -0.0114. The molecule has 4 nitrogen and oxygen atoms in total. The van der Waals surface area contributed by atoms with Gasteiger partial charge in [0.25, 0.3) is 0 Å². The van der Waals surface area contributed by atoms with Gasteiger partial charge in [-0.15, -0.1) is 0 Å². The van der Waals surface area contributed by atoms with Gasteiger partial charge in [-0.25, -0.2) is 14.1 Å². The first kappa shape index (κ1) is 15.7. The van der Waals surface area contributed by atoms with Crippen molar-refractivity contribution >= 4 is 14.1 Å². The van der Waals surface area contributed by atoms with Gasteiger partial charge in [0.05, 0.1) is 12.3 Å². The van der Waals surface area contributed by atoms with Crippen LogP contribution in [0.5, 0.6) is 0 Å². The molecule has 4 rings (SSSR count). The fraction of sp³-hybridized carbons (Fsp3) is 0.389. The fourth-order valence-electron chi connectivity index (χ4n) is 3.08. The summed E-state index contributed by atoms with van der Waals surface area (Å²) in [4.78, 5) is 9.10. The molecule has 2 aliphatic heterocycles. The lowest BCUT2D eigenvalue weighted by Crippen LogP contribution is -2.29. The van der Waals surface area contributed by atoms with Gasteiger partial charge in [0.1, 0.15) is 11.1 Å². The third kappa shape index (κ3) is 2.94. The maximum absolute atomic E-state index is 15.0. The highest BCUT2D eigenvalue weighted by molar-refractivity contribution is 7.28. The van der Waals surface area contributed by atoms with Crippen LogP contribution in [0.1, 0.15) is 30.8 Å². The predicted molar refractivity (Wildman–Crippen MR) is 95.0 cm³/mol. The van der Waals surface area contributed by atoms with Crippen molar-refractivity contribution in [3.63, 3.8) is 0 Å². The molecule has 6 heteroatoms. The van der Waals surface area contributed by atoms with Crippen LogP contribution >= 0.6 is 8.35 Å². The molecule has 0 saturated carbocycles. The van der Waals surface area contributed by atoms with Gasteiger partial charge < -0.3 is 4.74 Å². The smallest absolute Gasteiger partial charge is 0.163 e. The van der Waals surface area contributed by atoms with E-state index in [4.69, 9.17) is 4.74 Å². The van der Waals surface area contributed by atoms with Gasteiger partial charge >= 0.3 is 0 Å². The molecule has 0 radical (unpaired) electrons. The van der Waals surface area contributed by atoms with E-state index >= 15 is 0 Å². The number of aromatic nitrogens is 2. The molecule has 3 heterocycles. The molecule has 1 aromatic heterocycles. The second-order valence-electron chi connectivity index (χ2n) is 6.35. The van der Waals surface area contributed by atoms with E-state index in [1.807, 2.05) is 24.3 Å². The summed E-state index contributed by atoms with van der Waals surface area (Å²) in [5, 5.41) is 0. The van der Waals surface area contributed by atoms with Crippen LogP contribution in [-0.4, -0.2) is 35.2 Å². The Morgan fingerprint density at radius 2 is 1.92 bits per heavy atom. The summed E-state index contributed by atoms with van der Waals surface area (Å²) in [6.07, 6.45) is 2.91. The number of allylic oxidation sites excluding steroid dienone is 1. The van der Waals surface area contributed by atoms with Crippen molar-refractivity contribution in [3.05, 3.63) is 46.9 Å². The molecule has 0 amide bonds. The molecule has 1 unspecified atom stereocenters. The molecule has 124 valence electrons. The van der Waals surface area contributed by atoms with Gasteiger partial charge in [-0.2, -0.15) is 0 Å². The maximum Gasteiger partial charge on any atom is 0.163 e. The molecule has 2 aliphatic rings. The third-order valence-electron chi connectivity index (χ3n) is 4.56. The van der Waals surface area contributed by atoms with Crippen LogP contribution in [0.3, 0.4) is 0 Å². The zero-order chi connectivity index (χ0) is 16.6. The summed E-state index contributed by atoms with van der Waals surface area (Å²) in [5.74, 6) is 0.718. The van der Waals surface area contributed by atoms with Crippen molar-refractivity contribution in [1.82, 2.24) is 9.73 Å². The normalized spacial score (nSPS) is 20.2. The van der Waals surface area contributed by atoms with E-state index < -0.39 is 5.67 Å². The molecule has 1 aromatic carbocycles. The third-order valence-corrected chi connectivity index (χ3v) is 5.46. The monoisotopic (exact) mass is 343 g/mol. The second-order valence-corrected chi connectivity index (χ2v) is 7.28. The first-order valence-electron chi connectivity index (χ1n) is 8.16. The Morgan fingerprint density at radius 3 is 2.58 bits per heavy atom. The number of hydrogen-bond donors (Lipinski definition) is 0. The number of hydrogen-bond acceptors (Lipinski definition) is 4. The summed E-state index contributed by atoms with van der Waals surface area (Å²) in [7, 11) is 0.297. The Kier molecular flexibility index (Phi) is 4.07. The molecule has 0 spiro atoms. The Morgan fingerprint density at radius 1 is 1.17 bits per heavy atom. The highest BCUT2D eigenvalue weighted by Gasteiger charge is 2.34. The number of nitrogens with zero attached hydrogens (tertiary/aromatic N) is 3. The number of alkyl halides is 1. The van der Waals surface area contributed by atoms with E-state index in [0.717, 1.165) is 34.6 Å². The van der Waals surface area contributed by atoms with Crippen molar-refractivity contribution in [2.75, 3.05) is 19.8 Å². The molecule has 24 heavy (non-hydrogen) atoms. The number of benzene rings is 1. The molecule has 1 atom stereocenters. The Labute approximate surface area is 142 Å². The van der Waals surface area contributed by atoms with Crippen LogP contribution in [0.2, 0.25) is 0 Å². The van der Waals surface area contributed by atoms with Gasteiger partial charge in [-0.3, -0.25) is 4.99 Å². The minimum Gasteiger partial charge on any atom is -0.381 e. The number of aliphatic imine (C=N–C) groups is 1. The minimum atomic E-state index is -1.27. The van der Waals surface area contributed by atoms with E-state index in [1.54, 1.807) is 0 Å². The van der Waals surface area contributed by atoms with Gasteiger partial charge in [0.2, 0.25) is 0 Å². The topological polar surface area (TPSA) is 47.4 Å². The Bertz CT molecular complexity index is 804. The Hall–Kier alpha value is -1.84. The molecular formula is C18H19FN3OP. The SMILES string of the molecule is CC1=CC(c2nc(-c3ccc(C4(F)CCOCC4)cc3)n[pH]2)=NC1. The number of ether oxygens (including phenoxy) is 1. The predicted octanol–water partition coefficient (Wildman–Crippen LogP) is 3.90. The highest BCUT2D eigenvalue weighted by atomic mass is 31.0. The van der Waals surface area contributed by atoms with Crippen molar-refractivity contribution in [3.8, 4) is 11.4 Å². The van der Waals surface area contributed by atoms with E-state index in [-0.39, 0.29) is 0 Å². The summed E-state index contributed by atoms with van der Waals surface area (Å²) < 4.78 is 24.8. The summed E-state index contributed by atoms with van der Waals surface area (Å²) in [6.45, 7) is 3.79. The quantitative estimate of drug-likeness (QED) is 0.849. The molecule has 0 bridgehead atoms. The molecule has 2 aromatic rings. The first-order valence-corrected chi connectivity index (χ1v) is 9.11. The van der Waals surface area contributed by atoms with Crippen LogP contribution in [0.25, 0.3) is 11.4 Å². The van der Waals surface area contributed by atoms with Crippen LogP contribution in [0, 0.1) is 0 Å². The van der Waals surface area contributed by atoms with Gasteiger partial charge in [-0.1, -0.05) is 24.3 Å². The largest absolute Gasteiger partial charge is 0.381 e. The van der Waals surface area contributed by atoms with Crippen molar-refractivity contribution < 1.29 is 9.13 Å². The molecule has 1 saturated heterocycles. The van der Waals surface area contributed by atoms with Crippen LogP contribution in [0.4, 0.5) is 4.39 Å². The van der Waals surface area contributed by atoms with Crippen molar-refractivity contribution in [1.29, 1.82) is 0 Å². The van der Waals surface area contributed by atoms with E-state index in [2.05, 4.69) is 27.7 Å². The lowest BCUT2D eigenvalue weighted by atomic mass is 9.88. The molecule has 0 N–H and O–H groups in total. The van der Waals surface area contributed by atoms with Crippen LogP contribution in [-0.2, 0) is 10.4 Å². The summed E-state index contributed by atoms with van der Waals surface area (Å²) in [6, 6.07) is 7.55. The maximum atomic E-state index is 15.0. The molecule has 0 aliphatic carbocycles. The van der Waals surface area contributed by atoms with Gasteiger partial charge in [0.15, 0.2) is 5.82 Å². The van der Waals surface area contributed by atoms with E-state index in [9.17, 15) is 4.39 Å².